The van der Waals surface area contributed by atoms with Crippen LogP contribution in [0.25, 0.3) is 5.69 Å². The fourth-order valence-corrected chi connectivity index (χ4v) is 4.23. The van der Waals surface area contributed by atoms with E-state index < -0.39 is 0 Å². The van der Waals surface area contributed by atoms with Crippen molar-refractivity contribution in [2.24, 2.45) is 5.84 Å². The minimum atomic E-state index is -0.272. The Morgan fingerprint density at radius 2 is 2.15 bits per heavy atom. The van der Waals surface area contributed by atoms with Crippen molar-refractivity contribution in [3.63, 3.8) is 0 Å². The Kier molecular flexibility index (Phi) is 5.27. The molecule has 0 spiro atoms. The second-order valence-electron chi connectivity index (χ2n) is 7.67. The van der Waals surface area contributed by atoms with Crippen molar-refractivity contribution in [3.05, 3.63) is 47.3 Å². The summed E-state index contributed by atoms with van der Waals surface area (Å²) < 4.78 is 7.17. The molecule has 144 valence electrons. The van der Waals surface area contributed by atoms with E-state index >= 15 is 0 Å². The van der Waals surface area contributed by atoms with Crippen molar-refractivity contribution in [2.75, 3.05) is 6.61 Å². The summed E-state index contributed by atoms with van der Waals surface area (Å²) in [4.78, 5) is 12.3. The van der Waals surface area contributed by atoms with E-state index in [1.807, 2.05) is 11.6 Å². The van der Waals surface area contributed by atoms with Crippen LogP contribution in [0.1, 0.15) is 78.9 Å². The van der Waals surface area contributed by atoms with Gasteiger partial charge in [0.2, 0.25) is 0 Å². The highest BCUT2D eigenvalue weighted by Gasteiger charge is 2.33. The van der Waals surface area contributed by atoms with Gasteiger partial charge < -0.3 is 4.74 Å². The minimum Gasteiger partial charge on any atom is -0.462 e. The van der Waals surface area contributed by atoms with Gasteiger partial charge in [0.15, 0.2) is 0 Å². The molecule has 6 heteroatoms. The molecule has 3 N–H and O–H groups in total. The summed E-state index contributed by atoms with van der Waals surface area (Å²) in [6, 6.07) is 8.96. The van der Waals surface area contributed by atoms with Crippen LogP contribution in [0, 0.1) is 0 Å². The molecule has 2 aliphatic carbocycles. The molecule has 4 rings (SSSR count). The van der Waals surface area contributed by atoms with Crippen molar-refractivity contribution < 1.29 is 9.53 Å². The summed E-state index contributed by atoms with van der Waals surface area (Å²) in [5.74, 6) is 6.30. The van der Waals surface area contributed by atoms with E-state index in [1.54, 1.807) is 6.20 Å². The molecule has 1 heterocycles. The van der Waals surface area contributed by atoms with Crippen molar-refractivity contribution >= 4 is 5.97 Å². The molecule has 2 fully saturated rings. The summed E-state index contributed by atoms with van der Waals surface area (Å²) in [6.45, 7) is 2.21. The summed E-state index contributed by atoms with van der Waals surface area (Å²) in [6.07, 6.45) is 8.43. The maximum atomic E-state index is 12.3. The average Bonchev–Trinajstić information content (AvgIpc) is 3.46. The fraction of sp³-hybridized carbons (Fsp3) is 0.524. The molecular weight excluding hydrogens is 340 g/mol. The number of rotatable bonds is 6. The quantitative estimate of drug-likeness (QED) is 0.464. The zero-order valence-electron chi connectivity index (χ0n) is 15.9. The lowest BCUT2D eigenvalue weighted by molar-refractivity contribution is 0.0525. The molecule has 2 aliphatic rings. The van der Waals surface area contributed by atoms with E-state index in [1.165, 1.54) is 18.4 Å². The predicted octanol–water partition coefficient (Wildman–Crippen LogP) is 3.42. The van der Waals surface area contributed by atoms with E-state index in [-0.39, 0.29) is 5.97 Å². The van der Waals surface area contributed by atoms with E-state index in [4.69, 9.17) is 10.6 Å². The first-order chi connectivity index (χ1) is 13.2. The number of nitrogens with one attached hydrogen (secondary N) is 1. The number of esters is 1. The fourth-order valence-electron chi connectivity index (χ4n) is 4.23. The van der Waals surface area contributed by atoms with E-state index in [0.717, 1.165) is 37.1 Å². The molecule has 1 aromatic heterocycles. The van der Waals surface area contributed by atoms with Crippen molar-refractivity contribution in [1.82, 2.24) is 15.2 Å². The number of hydrogen-bond donors (Lipinski definition) is 2. The Hall–Kier alpha value is -2.18. The Bertz CT molecular complexity index is 812. The van der Waals surface area contributed by atoms with Crippen LogP contribution in [0.3, 0.4) is 0 Å². The van der Waals surface area contributed by atoms with Gasteiger partial charge in [0.05, 0.1) is 24.2 Å². The maximum absolute atomic E-state index is 12.3. The highest BCUT2D eigenvalue weighted by atomic mass is 16.5. The molecule has 2 aromatic rings. The summed E-state index contributed by atoms with van der Waals surface area (Å²) in [7, 11) is 0. The number of hydrogen-bond acceptors (Lipinski definition) is 5. The van der Waals surface area contributed by atoms with E-state index in [0.29, 0.717) is 30.0 Å². The van der Waals surface area contributed by atoms with Crippen LogP contribution in [0.2, 0.25) is 0 Å². The number of nitrogens with two attached hydrogens (primary N) is 1. The van der Waals surface area contributed by atoms with Gasteiger partial charge in [-0.25, -0.2) is 9.48 Å². The number of carbonyl (C=O) groups is 1. The van der Waals surface area contributed by atoms with Gasteiger partial charge in [0, 0.05) is 12.0 Å². The smallest absolute Gasteiger partial charge is 0.341 e. The Labute approximate surface area is 160 Å². The third-order valence-corrected chi connectivity index (χ3v) is 5.76. The topological polar surface area (TPSA) is 82.2 Å². The molecule has 0 radical (unpaired) electrons. The van der Waals surface area contributed by atoms with Gasteiger partial charge in [0.25, 0.3) is 0 Å². The van der Waals surface area contributed by atoms with Gasteiger partial charge in [0.1, 0.15) is 5.56 Å². The van der Waals surface area contributed by atoms with E-state index in [2.05, 4.69) is 34.8 Å². The lowest BCUT2D eigenvalue weighted by Gasteiger charge is -2.29. The largest absolute Gasteiger partial charge is 0.462 e. The molecule has 0 saturated heterocycles. The first-order valence-corrected chi connectivity index (χ1v) is 10.0. The molecular formula is C21H28N4O2. The third-order valence-electron chi connectivity index (χ3n) is 5.76. The summed E-state index contributed by atoms with van der Waals surface area (Å²) in [5.41, 5.74) is 6.89. The molecule has 0 aliphatic heterocycles. The van der Waals surface area contributed by atoms with Crippen molar-refractivity contribution in [3.8, 4) is 5.69 Å². The standard InChI is InChI=1S/C21H28N4O2/c1-2-27-21(26)19-13-23-25(20(19)14-9-10-14)18-8-4-6-16(12-18)15-5-3-7-17(11-15)24-22/h4,6,8,12-15,17,24H,2-3,5,7,9-11,22H2,1H3/t15-,17-/m0/s1. The van der Waals surface area contributed by atoms with Crippen molar-refractivity contribution in [2.45, 2.75) is 63.3 Å². The lowest BCUT2D eigenvalue weighted by Crippen LogP contribution is -2.38. The average molecular weight is 368 g/mol. The highest BCUT2D eigenvalue weighted by Crippen LogP contribution is 2.43. The van der Waals surface area contributed by atoms with Crippen LogP contribution in [0.4, 0.5) is 0 Å². The van der Waals surface area contributed by atoms with E-state index in [9.17, 15) is 4.79 Å². The minimum absolute atomic E-state index is 0.272. The first-order valence-electron chi connectivity index (χ1n) is 10.0. The van der Waals surface area contributed by atoms with Gasteiger partial charge in [-0.05, 0) is 62.6 Å². The number of ether oxygens (including phenoxy) is 1. The van der Waals surface area contributed by atoms with Crippen LogP contribution in [0.15, 0.2) is 30.5 Å². The molecule has 1 aromatic carbocycles. The molecule has 0 unspecified atom stereocenters. The maximum Gasteiger partial charge on any atom is 0.341 e. The predicted molar refractivity (Wildman–Crippen MR) is 104 cm³/mol. The van der Waals surface area contributed by atoms with Crippen LogP contribution < -0.4 is 11.3 Å². The van der Waals surface area contributed by atoms with Gasteiger partial charge in [-0.15, -0.1) is 0 Å². The second kappa shape index (κ2) is 7.82. The Morgan fingerprint density at radius 3 is 2.89 bits per heavy atom. The number of benzene rings is 1. The highest BCUT2D eigenvalue weighted by molar-refractivity contribution is 5.91. The monoisotopic (exact) mass is 368 g/mol. The van der Waals surface area contributed by atoms with Crippen LogP contribution >= 0.6 is 0 Å². The van der Waals surface area contributed by atoms with Crippen molar-refractivity contribution in [1.29, 1.82) is 0 Å². The molecule has 2 saturated carbocycles. The van der Waals surface area contributed by atoms with Gasteiger partial charge >= 0.3 is 5.97 Å². The van der Waals surface area contributed by atoms with Crippen LogP contribution in [-0.4, -0.2) is 28.4 Å². The van der Waals surface area contributed by atoms with Gasteiger partial charge in [-0.3, -0.25) is 11.3 Å². The molecule has 6 nitrogen and oxygen atoms in total. The first kappa shape index (κ1) is 18.2. The zero-order valence-corrected chi connectivity index (χ0v) is 15.9. The van der Waals surface area contributed by atoms with Gasteiger partial charge in [-0.2, -0.15) is 5.10 Å². The normalized spacial score (nSPS) is 22.6. The molecule has 2 atom stereocenters. The molecule has 0 bridgehead atoms. The Morgan fingerprint density at radius 1 is 1.30 bits per heavy atom. The number of carbonyl (C=O) groups excluding carboxylic acids is 1. The zero-order chi connectivity index (χ0) is 18.8. The number of hydrazine groups is 1. The number of nitrogens with zero attached hydrogens (tertiary/aromatic N) is 2. The number of aromatic nitrogens is 2. The summed E-state index contributed by atoms with van der Waals surface area (Å²) >= 11 is 0. The van der Waals surface area contributed by atoms with Crippen LogP contribution in [0.5, 0.6) is 0 Å². The third kappa shape index (κ3) is 3.77. The lowest BCUT2D eigenvalue weighted by atomic mass is 9.81. The van der Waals surface area contributed by atoms with Crippen LogP contribution in [-0.2, 0) is 4.74 Å². The SMILES string of the molecule is CCOC(=O)c1cnn(-c2cccc([C@H]3CCC[C@H](NN)C3)c2)c1C1CC1. The van der Waals surface area contributed by atoms with Gasteiger partial charge in [-0.1, -0.05) is 18.6 Å². The molecule has 0 amide bonds. The summed E-state index contributed by atoms with van der Waals surface area (Å²) in [5, 5.41) is 4.55. The molecule has 27 heavy (non-hydrogen) atoms. The second-order valence-corrected chi connectivity index (χ2v) is 7.67. The Balaban J connectivity index is 1.65.